The molecule has 1 N–H and O–H groups in total. The van der Waals surface area contributed by atoms with Gasteiger partial charge in [0.1, 0.15) is 0 Å². The second kappa shape index (κ2) is 7.03. The molecule has 138 valence electrons. The van der Waals surface area contributed by atoms with Gasteiger partial charge in [0, 0.05) is 32.1 Å². The molecule has 25 heavy (non-hydrogen) atoms. The number of ether oxygens (including phenoxy) is 2. The highest BCUT2D eigenvalue weighted by molar-refractivity contribution is 7.89. The number of benzene rings is 1. The van der Waals surface area contributed by atoms with Crippen molar-refractivity contribution in [3.8, 4) is 0 Å². The number of amides is 1. The zero-order valence-electron chi connectivity index (χ0n) is 14.6. The van der Waals surface area contributed by atoms with Crippen molar-refractivity contribution in [1.29, 1.82) is 0 Å². The molecule has 1 fully saturated rings. The highest BCUT2D eigenvalue weighted by Gasteiger charge is 2.29. The number of rotatable bonds is 5. The lowest BCUT2D eigenvalue weighted by Gasteiger charge is -2.33. The number of anilines is 1. The van der Waals surface area contributed by atoms with E-state index in [1.165, 1.54) is 13.0 Å². The lowest BCUT2D eigenvalue weighted by molar-refractivity contribution is -0.257. The summed E-state index contributed by atoms with van der Waals surface area (Å²) in [4.78, 5) is 13.5. The molecule has 1 saturated heterocycles. The maximum Gasteiger partial charge on any atom is 0.240 e. The largest absolute Gasteiger partial charge is 0.350 e. The molecule has 1 aromatic carbocycles. The number of hydrogen-bond donors (Lipinski definition) is 1. The van der Waals surface area contributed by atoms with Crippen LogP contribution in [0.2, 0.25) is 0 Å². The Morgan fingerprint density at radius 1 is 1.32 bits per heavy atom. The maximum absolute atomic E-state index is 12.5. The minimum Gasteiger partial charge on any atom is -0.350 e. The van der Waals surface area contributed by atoms with Gasteiger partial charge in [-0.05, 0) is 43.5 Å². The fourth-order valence-electron chi connectivity index (χ4n) is 3.19. The van der Waals surface area contributed by atoms with Crippen LogP contribution < -0.4 is 9.62 Å². The van der Waals surface area contributed by atoms with Crippen LogP contribution in [0.5, 0.6) is 0 Å². The van der Waals surface area contributed by atoms with Gasteiger partial charge >= 0.3 is 0 Å². The Bertz CT molecular complexity index is 756. The van der Waals surface area contributed by atoms with Gasteiger partial charge in [-0.1, -0.05) is 0 Å². The first kappa shape index (κ1) is 18.3. The van der Waals surface area contributed by atoms with Crippen molar-refractivity contribution in [2.24, 2.45) is 0 Å². The van der Waals surface area contributed by atoms with E-state index in [4.69, 9.17) is 9.47 Å². The first-order valence-electron chi connectivity index (χ1n) is 8.49. The Hall–Kier alpha value is -1.48. The van der Waals surface area contributed by atoms with E-state index in [1.54, 1.807) is 17.0 Å². The normalized spacial score (nSPS) is 19.7. The molecule has 3 rings (SSSR count). The summed E-state index contributed by atoms with van der Waals surface area (Å²) < 4.78 is 38.8. The van der Waals surface area contributed by atoms with E-state index in [-0.39, 0.29) is 17.3 Å². The van der Waals surface area contributed by atoms with E-state index in [0.717, 1.165) is 17.7 Å². The molecule has 0 spiro atoms. The van der Waals surface area contributed by atoms with Crippen molar-refractivity contribution in [3.05, 3.63) is 23.8 Å². The highest BCUT2D eigenvalue weighted by atomic mass is 32.2. The third kappa shape index (κ3) is 4.03. The molecule has 8 heteroatoms. The van der Waals surface area contributed by atoms with Crippen molar-refractivity contribution < 1.29 is 22.7 Å². The summed E-state index contributed by atoms with van der Waals surface area (Å²) in [6.45, 7) is 5.41. The predicted octanol–water partition coefficient (Wildman–Crippen LogP) is 1.42. The Morgan fingerprint density at radius 2 is 2.04 bits per heavy atom. The van der Waals surface area contributed by atoms with E-state index >= 15 is 0 Å². The maximum atomic E-state index is 12.5. The van der Waals surface area contributed by atoms with E-state index in [2.05, 4.69) is 4.72 Å². The monoisotopic (exact) mass is 368 g/mol. The first-order valence-corrected chi connectivity index (χ1v) is 9.98. The zero-order chi connectivity index (χ0) is 18.1. The number of carbonyl (C=O) groups excluding carboxylic acids is 1. The topological polar surface area (TPSA) is 84.9 Å². The Balaban J connectivity index is 1.66. The number of fused-ring (bicyclic) bond motifs is 1. The molecular weight excluding hydrogens is 344 g/mol. The number of nitrogens with zero attached hydrogens (tertiary/aromatic N) is 1. The number of sulfonamides is 1. The zero-order valence-corrected chi connectivity index (χ0v) is 15.4. The number of hydrogen-bond acceptors (Lipinski definition) is 5. The summed E-state index contributed by atoms with van der Waals surface area (Å²) in [7, 11) is -3.61. The van der Waals surface area contributed by atoms with Crippen molar-refractivity contribution in [2.45, 2.75) is 43.8 Å². The minimum absolute atomic E-state index is 0.0341. The van der Waals surface area contributed by atoms with Gasteiger partial charge in [0.15, 0.2) is 5.79 Å². The lowest BCUT2D eigenvalue weighted by Crippen LogP contribution is -2.40. The van der Waals surface area contributed by atoms with Gasteiger partial charge in [-0.25, -0.2) is 13.1 Å². The summed E-state index contributed by atoms with van der Waals surface area (Å²) in [6.07, 6.45) is 1.96. The van der Waals surface area contributed by atoms with Gasteiger partial charge in [0.05, 0.1) is 18.1 Å². The Morgan fingerprint density at radius 3 is 2.72 bits per heavy atom. The quantitative estimate of drug-likeness (QED) is 0.850. The van der Waals surface area contributed by atoms with Crippen LogP contribution in [-0.2, 0) is 30.7 Å². The van der Waals surface area contributed by atoms with E-state index in [1.807, 2.05) is 6.92 Å². The van der Waals surface area contributed by atoms with Crippen LogP contribution in [0.1, 0.15) is 32.3 Å². The summed E-state index contributed by atoms with van der Waals surface area (Å²) in [6, 6.07) is 4.89. The van der Waals surface area contributed by atoms with Crippen molar-refractivity contribution >= 4 is 21.6 Å². The average molecular weight is 368 g/mol. The molecule has 7 nitrogen and oxygen atoms in total. The van der Waals surface area contributed by atoms with Gasteiger partial charge in [-0.2, -0.15) is 0 Å². The molecule has 0 aliphatic carbocycles. The Kier molecular flexibility index (Phi) is 5.15. The van der Waals surface area contributed by atoms with Crippen LogP contribution in [0.25, 0.3) is 0 Å². The van der Waals surface area contributed by atoms with Crippen LogP contribution in [0.4, 0.5) is 5.69 Å². The van der Waals surface area contributed by atoms with Crippen molar-refractivity contribution in [1.82, 2.24) is 4.72 Å². The van der Waals surface area contributed by atoms with Gasteiger partial charge in [0.2, 0.25) is 15.9 Å². The Labute approximate surface area is 148 Å². The fourth-order valence-corrected chi connectivity index (χ4v) is 4.27. The molecule has 1 aromatic rings. The third-order valence-corrected chi connectivity index (χ3v) is 6.07. The average Bonchev–Trinajstić information content (AvgIpc) is 2.98. The van der Waals surface area contributed by atoms with Crippen LogP contribution in [0.15, 0.2) is 23.1 Å². The van der Waals surface area contributed by atoms with Gasteiger partial charge in [0.25, 0.3) is 0 Å². The van der Waals surface area contributed by atoms with Gasteiger partial charge in [-0.3, -0.25) is 4.79 Å². The summed E-state index contributed by atoms with van der Waals surface area (Å²) in [5.74, 6) is -0.769. The highest BCUT2D eigenvalue weighted by Crippen LogP contribution is 2.30. The molecule has 2 aliphatic heterocycles. The second-order valence-corrected chi connectivity index (χ2v) is 8.31. The van der Waals surface area contributed by atoms with Crippen LogP contribution in [0, 0.1) is 0 Å². The van der Waals surface area contributed by atoms with E-state index in [9.17, 15) is 13.2 Å². The standard InChI is InChI=1S/C17H24N2O5S/c1-13(20)19-9-6-14-12-15(4-5-16(14)19)25(21,22)18-8-7-17(2)23-10-3-11-24-17/h4-5,12,18H,3,6-11H2,1-2H3. The molecule has 0 atom stereocenters. The van der Waals surface area contributed by atoms with E-state index < -0.39 is 15.8 Å². The molecule has 0 radical (unpaired) electrons. The molecule has 0 bridgehead atoms. The van der Waals surface area contributed by atoms with Gasteiger partial charge < -0.3 is 14.4 Å². The van der Waals surface area contributed by atoms with Gasteiger partial charge in [-0.15, -0.1) is 0 Å². The molecular formula is C17H24N2O5S. The van der Waals surface area contributed by atoms with E-state index in [0.29, 0.717) is 32.6 Å². The summed E-state index contributed by atoms with van der Waals surface area (Å²) >= 11 is 0. The minimum atomic E-state index is -3.61. The van der Waals surface area contributed by atoms with Crippen LogP contribution in [-0.4, -0.2) is 46.4 Å². The predicted molar refractivity (Wildman–Crippen MR) is 92.9 cm³/mol. The van der Waals surface area contributed by atoms with Crippen molar-refractivity contribution in [2.75, 3.05) is 31.2 Å². The number of carbonyl (C=O) groups is 1. The third-order valence-electron chi connectivity index (χ3n) is 4.61. The molecule has 1 amide bonds. The number of nitrogens with one attached hydrogen (secondary N) is 1. The van der Waals surface area contributed by atoms with Crippen LogP contribution in [0.3, 0.4) is 0 Å². The molecule has 2 aliphatic rings. The lowest BCUT2D eigenvalue weighted by atomic mass is 10.2. The SMILES string of the molecule is CC(=O)N1CCc2cc(S(=O)(=O)NCCC3(C)OCCCO3)ccc21. The molecule has 0 saturated carbocycles. The second-order valence-electron chi connectivity index (χ2n) is 6.54. The first-order chi connectivity index (χ1) is 11.8. The van der Waals surface area contributed by atoms with Crippen LogP contribution >= 0.6 is 0 Å². The summed E-state index contributed by atoms with van der Waals surface area (Å²) in [5.41, 5.74) is 1.67. The van der Waals surface area contributed by atoms with Crippen molar-refractivity contribution in [3.63, 3.8) is 0 Å². The summed E-state index contributed by atoms with van der Waals surface area (Å²) in [5, 5.41) is 0. The molecule has 0 unspecified atom stereocenters. The smallest absolute Gasteiger partial charge is 0.240 e. The molecule has 2 heterocycles. The molecule has 0 aromatic heterocycles. The fraction of sp³-hybridized carbons (Fsp3) is 0.588.